The summed E-state index contributed by atoms with van der Waals surface area (Å²) in [6.45, 7) is 0.380. The molecule has 0 unspecified atom stereocenters. The number of nitrogens with zero attached hydrogens (tertiary/aromatic N) is 1. The summed E-state index contributed by atoms with van der Waals surface area (Å²) in [5.41, 5.74) is 1.97. The normalized spacial score (nSPS) is 14.8. The zero-order valence-corrected chi connectivity index (χ0v) is 17.9. The van der Waals surface area contributed by atoms with Gasteiger partial charge in [0, 0.05) is 18.7 Å². The van der Waals surface area contributed by atoms with Gasteiger partial charge in [-0.3, -0.25) is 14.5 Å². The molecule has 1 N–H and O–H groups in total. The summed E-state index contributed by atoms with van der Waals surface area (Å²) in [4.78, 5) is 38.3. The minimum Gasteiger partial charge on any atom is -0.465 e. The Hall–Kier alpha value is -2.97. The molecule has 0 aliphatic carbocycles. The van der Waals surface area contributed by atoms with Crippen LogP contribution in [0, 0.1) is 0 Å². The van der Waals surface area contributed by atoms with Gasteiger partial charge in [-0.2, -0.15) is 0 Å². The number of carbonyl (C=O) groups excluding carboxylic acids is 3. The predicted molar refractivity (Wildman–Crippen MR) is 122 cm³/mol. The number of thioether (sulfide) groups is 1. The van der Waals surface area contributed by atoms with Gasteiger partial charge in [-0.1, -0.05) is 54.3 Å². The van der Waals surface area contributed by atoms with Crippen molar-refractivity contribution in [3.05, 3.63) is 70.6 Å². The molecule has 0 bridgehead atoms. The predicted octanol–water partition coefficient (Wildman–Crippen LogP) is 4.09. The van der Waals surface area contributed by atoms with Gasteiger partial charge in [-0.25, -0.2) is 4.79 Å². The van der Waals surface area contributed by atoms with E-state index in [0.29, 0.717) is 34.2 Å². The van der Waals surface area contributed by atoms with Crippen LogP contribution in [-0.4, -0.2) is 40.7 Å². The van der Waals surface area contributed by atoms with Crippen LogP contribution in [0.25, 0.3) is 6.08 Å². The minimum absolute atomic E-state index is 0.104. The van der Waals surface area contributed by atoms with Gasteiger partial charge in [-0.05, 0) is 42.3 Å². The zero-order valence-electron chi connectivity index (χ0n) is 16.3. The van der Waals surface area contributed by atoms with Gasteiger partial charge in [0.05, 0.1) is 17.6 Å². The van der Waals surface area contributed by atoms with Crippen molar-refractivity contribution in [1.29, 1.82) is 0 Å². The van der Waals surface area contributed by atoms with Gasteiger partial charge in [0.2, 0.25) is 5.91 Å². The first-order valence-electron chi connectivity index (χ1n) is 9.26. The van der Waals surface area contributed by atoms with Crippen molar-refractivity contribution in [3.63, 3.8) is 0 Å². The van der Waals surface area contributed by atoms with Crippen molar-refractivity contribution in [2.75, 3.05) is 19.0 Å². The molecule has 154 valence electrons. The monoisotopic (exact) mass is 440 g/mol. The number of benzene rings is 2. The highest BCUT2D eigenvalue weighted by molar-refractivity contribution is 8.26. The highest BCUT2D eigenvalue weighted by Gasteiger charge is 2.31. The van der Waals surface area contributed by atoms with Gasteiger partial charge in [0.1, 0.15) is 4.32 Å². The number of nitrogens with one attached hydrogen (secondary N) is 1. The fraction of sp³-hybridized carbons (Fsp3) is 0.182. The molecule has 0 aromatic heterocycles. The second kappa shape index (κ2) is 10.2. The lowest BCUT2D eigenvalue weighted by molar-refractivity contribution is -0.122. The first kappa shape index (κ1) is 21.7. The van der Waals surface area contributed by atoms with Crippen molar-refractivity contribution < 1.29 is 19.1 Å². The number of methoxy groups -OCH3 is 1. The van der Waals surface area contributed by atoms with E-state index in [1.165, 1.54) is 23.8 Å². The fourth-order valence-corrected chi connectivity index (χ4v) is 4.13. The molecular weight excluding hydrogens is 420 g/mol. The number of para-hydroxylation sites is 1. The van der Waals surface area contributed by atoms with Crippen molar-refractivity contribution >= 4 is 57.8 Å². The second-order valence-electron chi connectivity index (χ2n) is 6.46. The smallest absolute Gasteiger partial charge is 0.337 e. The molecule has 2 aromatic rings. The van der Waals surface area contributed by atoms with Gasteiger partial charge in [-0.15, -0.1) is 0 Å². The van der Waals surface area contributed by atoms with E-state index >= 15 is 0 Å². The Balaban J connectivity index is 1.54. The number of carbonyl (C=O) groups is 3. The Bertz CT molecular complexity index is 988. The number of ether oxygens (including phenoxy) is 1. The first-order valence-corrected chi connectivity index (χ1v) is 10.5. The van der Waals surface area contributed by atoms with Crippen LogP contribution in [0.2, 0.25) is 0 Å². The summed E-state index contributed by atoms with van der Waals surface area (Å²) >= 11 is 6.56. The SMILES string of the molecule is COC(=O)c1ccc(C=C2SC(=S)N(CCCC(=O)Nc3ccccc3)C2=O)cc1. The molecule has 3 rings (SSSR count). The summed E-state index contributed by atoms with van der Waals surface area (Å²) in [7, 11) is 1.33. The van der Waals surface area contributed by atoms with Crippen LogP contribution in [0.15, 0.2) is 59.5 Å². The Kier molecular flexibility index (Phi) is 7.37. The van der Waals surface area contributed by atoms with Crippen LogP contribution in [0.4, 0.5) is 5.69 Å². The zero-order chi connectivity index (χ0) is 21.5. The van der Waals surface area contributed by atoms with E-state index in [1.54, 1.807) is 30.3 Å². The first-order chi connectivity index (χ1) is 14.5. The summed E-state index contributed by atoms with van der Waals surface area (Å²) < 4.78 is 5.15. The maximum absolute atomic E-state index is 12.7. The van der Waals surface area contributed by atoms with E-state index in [2.05, 4.69) is 10.1 Å². The van der Waals surface area contributed by atoms with Gasteiger partial charge >= 0.3 is 5.97 Å². The number of esters is 1. The van der Waals surface area contributed by atoms with Crippen molar-refractivity contribution in [2.24, 2.45) is 0 Å². The van der Waals surface area contributed by atoms with Crippen LogP contribution in [0.3, 0.4) is 0 Å². The molecule has 1 heterocycles. The third-order valence-corrected chi connectivity index (χ3v) is 5.72. The quantitative estimate of drug-likeness (QED) is 0.397. The highest BCUT2D eigenvalue weighted by atomic mass is 32.2. The standard InChI is InChI=1S/C22H20N2O4S2/c1-28-21(27)16-11-9-15(10-12-16)14-18-20(26)24(22(29)30-18)13-5-8-19(25)23-17-6-3-2-4-7-17/h2-4,6-7,9-12,14H,5,8,13H2,1H3,(H,23,25). The van der Waals surface area contributed by atoms with Crippen LogP contribution in [0.5, 0.6) is 0 Å². The Morgan fingerprint density at radius 1 is 1.13 bits per heavy atom. The largest absolute Gasteiger partial charge is 0.465 e. The van der Waals surface area contributed by atoms with Crippen LogP contribution in [0.1, 0.15) is 28.8 Å². The Morgan fingerprint density at radius 2 is 1.83 bits per heavy atom. The van der Waals surface area contributed by atoms with Crippen LogP contribution < -0.4 is 5.32 Å². The van der Waals surface area contributed by atoms with E-state index in [1.807, 2.05) is 30.3 Å². The lowest BCUT2D eigenvalue weighted by Gasteiger charge is -2.14. The minimum atomic E-state index is -0.413. The topological polar surface area (TPSA) is 75.7 Å². The highest BCUT2D eigenvalue weighted by Crippen LogP contribution is 2.32. The maximum Gasteiger partial charge on any atom is 0.337 e. The maximum atomic E-state index is 12.7. The Morgan fingerprint density at radius 3 is 2.50 bits per heavy atom. The number of hydrogen-bond donors (Lipinski definition) is 1. The molecule has 2 aromatic carbocycles. The molecule has 1 aliphatic rings. The van der Waals surface area contributed by atoms with Crippen molar-refractivity contribution in [2.45, 2.75) is 12.8 Å². The third-order valence-electron chi connectivity index (χ3n) is 4.35. The molecule has 8 heteroatoms. The van der Waals surface area contributed by atoms with Crippen molar-refractivity contribution in [1.82, 2.24) is 4.90 Å². The molecule has 6 nitrogen and oxygen atoms in total. The second-order valence-corrected chi connectivity index (χ2v) is 8.14. The summed E-state index contributed by atoms with van der Waals surface area (Å²) in [6.07, 6.45) is 2.54. The summed E-state index contributed by atoms with van der Waals surface area (Å²) in [5, 5.41) is 2.82. The molecule has 0 saturated carbocycles. The molecule has 1 fully saturated rings. The lowest BCUT2D eigenvalue weighted by atomic mass is 10.1. The molecule has 0 radical (unpaired) electrons. The van der Waals surface area contributed by atoms with Crippen molar-refractivity contribution in [3.8, 4) is 0 Å². The molecule has 0 atom stereocenters. The average Bonchev–Trinajstić information content (AvgIpc) is 3.01. The number of thiocarbonyl (C=S) groups is 1. The van der Waals surface area contributed by atoms with E-state index in [4.69, 9.17) is 12.2 Å². The van der Waals surface area contributed by atoms with Crippen LogP contribution >= 0.6 is 24.0 Å². The summed E-state index contributed by atoms with van der Waals surface area (Å²) in [6, 6.07) is 16.0. The lowest BCUT2D eigenvalue weighted by Crippen LogP contribution is -2.29. The van der Waals surface area contributed by atoms with Crippen LogP contribution in [-0.2, 0) is 14.3 Å². The Labute approximate surface area is 184 Å². The summed E-state index contributed by atoms with van der Waals surface area (Å²) in [5.74, 6) is -0.692. The number of hydrogen-bond acceptors (Lipinski definition) is 6. The van der Waals surface area contributed by atoms with E-state index in [0.717, 1.165) is 11.3 Å². The van der Waals surface area contributed by atoms with Gasteiger partial charge < -0.3 is 10.1 Å². The third kappa shape index (κ3) is 5.55. The van der Waals surface area contributed by atoms with E-state index < -0.39 is 5.97 Å². The van der Waals surface area contributed by atoms with E-state index in [9.17, 15) is 14.4 Å². The molecule has 30 heavy (non-hydrogen) atoms. The molecular formula is C22H20N2O4S2. The molecule has 2 amide bonds. The average molecular weight is 441 g/mol. The molecule has 1 saturated heterocycles. The molecule has 0 spiro atoms. The fourth-order valence-electron chi connectivity index (χ4n) is 2.82. The van der Waals surface area contributed by atoms with Gasteiger partial charge in [0.25, 0.3) is 5.91 Å². The molecule has 1 aliphatic heterocycles. The van der Waals surface area contributed by atoms with Gasteiger partial charge in [0.15, 0.2) is 0 Å². The number of rotatable bonds is 7. The number of anilines is 1. The van der Waals surface area contributed by atoms with E-state index in [-0.39, 0.29) is 11.8 Å². The number of amides is 2.